The maximum absolute atomic E-state index is 12.9. The average Bonchev–Trinajstić information content (AvgIpc) is 3.08. The molecule has 7 heteroatoms. The van der Waals surface area contributed by atoms with Crippen molar-refractivity contribution >= 4 is 34.9 Å². The fraction of sp³-hybridized carbons (Fsp3) is 0.233. The molecule has 1 amide bonds. The van der Waals surface area contributed by atoms with Gasteiger partial charge < -0.3 is 15.0 Å². The molecule has 3 aromatic rings. The number of carbonyl (C=O) groups is 3. The van der Waals surface area contributed by atoms with Crippen molar-refractivity contribution in [2.24, 2.45) is 0 Å². The van der Waals surface area contributed by atoms with Crippen molar-refractivity contribution in [3.63, 3.8) is 0 Å². The van der Waals surface area contributed by atoms with Gasteiger partial charge in [-0.1, -0.05) is 86.1 Å². The highest BCUT2D eigenvalue weighted by Gasteiger charge is 2.38. The standard InChI is InChI=1S/C30H29ClN2O4/c1-30(2)23-14-8-10-16-26(23)33(3)27(30)17-21(34)19-37-28(35)18-25(20-11-5-4-6-12-20)32-29(36)22-13-7-9-15-24(22)31/h4-17,25H,18-19H2,1-3H3,(H,32,36)/b27-17-. The van der Waals surface area contributed by atoms with Gasteiger partial charge in [-0.15, -0.1) is 0 Å². The molecular weight excluding hydrogens is 488 g/mol. The molecule has 0 spiro atoms. The van der Waals surface area contributed by atoms with Crippen molar-refractivity contribution in [2.45, 2.75) is 31.7 Å². The number of esters is 1. The summed E-state index contributed by atoms with van der Waals surface area (Å²) in [5.41, 5.74) is 3.71. The molecule has 190 valence electrons. The van der Waals surface area contributed by atoms with Gasteiger partial charge in [-0.2, -0.15) is 0 Å². The zero-order chi connectivity index (χ0) is 26.6. The molecule has 0 radical (unpaired) electrons. The second kappa shape index (κ2) is 11.0. The van der Waals surface area contributed by atoms with Gasteiger partial charge in [-0.05, 0) is 29.3 Å². The minimum atomic E-state index is -0.652. The molecule has 0 fully saturated rings. The summed E-state index contributed by atoms with van der Waals surface area (Å²) in [6.45, 7) is 3.74. The molecule has 3 aromatic carbocycles. The third kappa shape index (κ3) is 5.75. The van der Waals surface area contributed by atoms with E-state index in [1.54, 1.807) is 30.3 Å². The Bertz CT molecular complexity index is 1350. The Morgan fingerprint density at radius 2 is 1.62 bits per heavy atom. The molecule has 0 bridgehead atoms. The second-order valence-electron chi connectivity index (χ2n) is 9.48. The fourth-order valence-corrected chi connectivity index (χ4v) is 4.87. The molecule has 1 atom stereocenters. The van der Waals surface area contributed by atoms with E-state index in [0.29, 0.717) is 10.6 Å². The summed E-state index contributed by atoms with van der Waals surface area (Å²) in [6, 6.07) is 23.2. The summed E-state index contributed by atoms with van der Waals surface area (Å²) in [5.74, 6) is -1.31. The van der Waals surface area contributed by atoms with Gasteiger partial charge >= 0.3 is 5.97 Å². The lowest BCUT2D eigenvalue weighted by molar-refractivity contribution is -0.147. The zero-order valence-electron chi connectivity index (χ0n) is 21.0. The van der Waals surface area contributed by atoms with Crippen LogP contribution in [0.3, 0.4) is 0 Å². The maximum Gasteiger partial charge on any atom is 0.308 e. The van der Waals surface area contributed by atoms with Crippen molar-refractivity contribution in [1.82, 2.24) is 5.32 Å². The molecule has 0 aliphatic carbocycles. The quantitative estimate of drug-likeness (QED) is 0.310. The van der Waals surface area contributed by atoms with Crippen molar-refractivity contribution in [2.75, 3.05) is 18.6 Å². The zero-order valence-corrected chi connectivity index (χ0v) is 21.8. The molecule has 1 unspecified atom stereocenters. The van der Waals surface area contributed by atoms with Gasteiger partial charge in [0.2, 0.25) is 0 Å². The summed E-state index contributed by atoms with van der Waals surface area (Å²) in [6.07, 6.45) is 1.40. The van der Waals surface area contributed by atoms with E-state index in [2.05, 4.69) is 25.2 Å². The Morgan fingerprint density at radius 1 is 0.973 bits per heavy atom. The van der Waals surface area contributed by atoms with Gasteiger partial charge in [0.15, 0.2) is 12.4 Å². The predicted molar refractivity (Wildman–Crippen MR) is 145 cm³/mol. The van der Waals surface area contributed by atoms with Crippen LogP contribution in [0.25, 0.3) is 0 Å². The van der Waals surface area contributed by atoms with Crippen molar-refractivity contribution < 1.29 is 19.1 Å². The Morgan fingerprint density at radius 3 is 2.32 bits per heavy atom. The number of para-hydroxylation sites is 1. The summed E-state index contributed by atoms with van der Waals surface area (Å²) >= 11 is 6.17. The van der Waals surface area contributed by atoms with Crippen LogP contribution < -0.4 is 10.2 Å². The van der Waals surface area contributed by atoms with Crippen LogP contribution in [-0.4, -0.2) is 31.3 Å². The molecule has 1 aliphatic heterocycles. The van der Waals surface area contributed by atoms with Crippen LogP contribution in [0.15, 0.2) is 90.6 Å². The summed E-state index contributed by atoms with van der Waals surface area (Å²) in [4.78, 5) is 40.4. The monoisotopic (exact) mass is 516 g/mol. The van der Waals surface area contributed by atoms with Gasteiger partial charge in [-0.25, -0.2) is 0 Å². The van der Waals surface area contributed by atoms with E-state index in [4.69, 9.17) is 16.3 Å². The topological polar surface area (TPSA) is 75.7 Å². The summed E-state index contributed by atoms with van der Waals surface area (Å²) < 4.78 is 5.33. The van der Waals surface area contributed by atoms with Crippen LogP contribution in [0.2, 0.25) is 5.02 Å². The van der Waals surface area contributed by atoms with E-state index < -0.39 is 17.9 Å². The third-order valence-corrected chi connectivity index (χ3v) is 6.94. The van der Waals surface area contributed by atoms with Crippen LogP contribution in [-0.2, 0) is 19.7 Å². The average molecular weight is 517 g/mol. The molecule has 0 saturated heterocycles. The number of anilines is 1. The number of fused-ring (bicyclic) bond motifs is 1. The molecule has 6 nitrogen and oxygen atoms in total. The number of hydrogen-bond acceptors (Lipinski definition) is 5. The Hall–Kier alpha value is -3.90. The minimum Gasteiger partial charge on any atom is -0.457 e. The summed E-state index contributed by atoms with van der Waals surface area (Å²) in [7, 11) is 1.92. The highest BCUT2D eigenvalue weighted by Crippen LogP contribution is 2.46. The number of benzene rings is 3. The normalized spacial score (nSPS) is 15.7. The summed E-state index contributed by atoms with van der Waals surface area (Å²) in [5, 5.41) is 3.18. The molecule has 37 heavy (non-hydrogen) atoms. The van der Waals surface area contributed by atoms with Crippen LogP contribution in [0.4, 0.5) is 5.69 Å². The molecule has 1 heterocycles. The number of likely N-dealkylation sites (N-methyl/N-ethyl adjacent to an activating group) is 1. The van der Waals surface area contributed by atoms with Crippen LogP contribution in [0.1, 0.15) is 47.8 Å². The Kier molecular flexibility index (Phi) is 7.79. The number of nitrogens with one attached hydrogen (secondary N) is 1. The van der Waals surface area contributed by atoms with E-state index in [-0.39, 0.29) is 24.2 Å². The van der Waals surface area contributed by atoms with Gasteiger partial charge in [0.05, 0.1) is 23.0 Å². The van der Waals surface area contributed by atoms with Gasteiger partial charge in [0.25, 0.3) is 5.91 Å². The highest BCUT2D eigenvalue weighted by molar-refractivity contribution is 6.33. The first-order valence-corrected chi connectivity index (χ1v) is 12.4. The molecular formula is C30H29ClN2O4. The Balaban J connectivity index is 1.42. The van der Waals surface area contributed by atoms with Crippen molar-refractivity contribution in [3.05, 3.63) is 112 Å². The fourth-order valence-electron chi connectivity index (χ4n) is 4.65. The number of halogens is 1. The van der Waals surface area contributed by atoms with E-state index in [1.807, 2.05) is 60.5 Å². The molecule has 0 saturated carbocycles. The van der Waals surface area contributed by atoms with E-state index in [0.717, 1.165) is 22.5 Å². The number of nitrogens with zero attached hydrogens (tertiary/aromatic N) is 1. The van der Waals surface area contributed by atoms with E-state index in [1.165, 1.54) is 0 Å². The first-order valence-electron chi connectivity index (χ1n) is 12.0. The lowest BCUT2D eigenvalue weighted by Gasteiger charge is -2.24. The third-order valence-electron chi connectivity index (χ3n) is 6.61. The molecule has 1 N–H and O–H groups in total. The smallest absolute Gasteiger partial charge is 0.308 e. The minimum absolute atomic E-state index is 0.138. The number of hydrogen-bond donors (Lipinski definition) is 1. The lowest BCUT2D eigenvalue weighted by Crippen LogP contribution is -2.31. The van der Waals surface area contributed by atoms with E-state index in [9.17, 15) is 14.4 Å². The van der Waals surface area contributed by atoms with Gasteiger partial charge in [0.1, 0.15) is 0 Å². The highest BCUT2D eigenvalue weighted by atomic mass is 35.5. The van der Waals surface area contributed by atoms with Crippen molar-refractivity contribution in [1.29, 1.82) is 0 Å². The number of amides is 1. The number of ether oxygens (including phenoxy) is 1. The van der Waals surface area contributed by atoms with Crippen LogP contribution in [0, 0.1) is 0 Å². The first kappa shape index (κ1) is 26.2. The maximum atomic E-state index is 12.9. The second-order valence-corrected chi connectivity index (χ2v) is 9.89. The van der Waals surface area contributed by atoms with Gasteiger partial charge in [-0.3, -0.25) is 14.4 Å². The Labute approximate surface area is 221 Å². The number of allylic oxidation sites excluding steroid dienone is 1. The molecule has 1 aliphatic rings. The lowest BCUT2D eigenvalue weighted by atomic mass is 9.83. The number of rotatable bonds is 8. The molecule has 4 rings (SSSR count). The number of ketones is 1. The molecule has 0 aromatic heterocycles. The SMILES string of the molecule is CN1/C(=C\C(=O)COC(=O)CC(NC(=O)c2ccccc2Cl)c2ccccc2)C(C)(C)c2ccccc21. The van der Waals surface area contributed by atoms with Gasteiger partial charge in [0, 0.05) is 29.9 Å². The van der Waals surface area contributed by atoms with Crippen molar-refractivity contribution in [3.8, 4) is 0 Å². The largest absolute Gasteiger partial charge is 0.457 e. The first-order chi connectivity index (χ1) is 17.7. The van der Waals surface area contributed by atoms with Crippen LogP contribution >= 0.6 is 11.6 Å². The van der Waals surface area contributed by atoms with E-state index >= 15 is 0 Å². The number of carbonyl (C=O) groups excluding carboxylic acids is 3. The predicted octanol–water partition coefficient (Wildman–Crippen LogP) is 5.63. The van der Waals surface area contributed by atoms with Crippen LogP contribution in [0.5, 0.6) is 0 Å².